The van der Waals surface area contributed by atoms with Gasteiger partial charge in [0.2, 0.25) is 5.91 Å². The maximum absolute atomic E-state index is 12.1. The van der Waals surface area contributed by atoms with E-state index >= 15 is 0 Å². The van der Waals surface area contributed by atoms with E-state index in [1.54, 1.807) is 11.8 Å². The smallest absolute Gasteiger partial charge is 0.230 e. The highest BCUT2D eigenvalue weighted by Gasteiger charge is 2.11. The van der Waals surface area contributed by atoms with Crippen molar-refractivity contribution in [3.63, 3.8) is 0 Å². The molecule has 1 heterocycles. The Bertz CT molecular complexity index is 712. The van der Waals surface area contributed by atoms with Gasteiger partial charge in [0.1, 0.15) is 0 Å². The second-order valence-corrected chi connectivity index (χ2v) is 7.45. The molecule has 2 aromatic rings. The summed E-state index contributed by atoms with van der Waals surface area (Å²) in [6.45, 7) is 6.14. The Hall–Kier alpha value is -1.98. The highest BCUT2D eigenvalue weighted by Crippen LogP contribution is 2.17. The van der Waals surface area contributed by atoms with Crippen LogP contribution in [0.2, 0.25) is 0 Å². The van der Waals surface area contributed by atoms with E-state index in [-0.39, 0.29) is 5.91 Å². The Morgan fingerprint density at radius 3 is 2.58 bits per heavy atom. The molecule has 0 radical (unpaired) electrons. The van der Waals surface area contributed by atoms with Gasteiger partial charge in [-0.3, -0.25) is 4.79 Å². The average molecular weight is 371 g/mol. The molecule has 1 amide bonds. The molecule has 4 nitrogen and oxygen atoms in total. The summed E-state index contributed by atoms with van der Waals surface area (Å²) in [5, 5.41) is 3.01. The Labute approximate surface area is 159 Å². The number of benzene rings is 2. The van der Waals surface area contributed by atoms with Gasteiger partial charge in [0.25, 0.3) is 0 Å². The van der Waals surface area contributed by atoms with Gasteiger partial charge in [-0.1, -0.05) is 36.4 Å². The van der Waals surface area contributed by atoms with E-state index in [0.717, 1.165) is 37.6 Å². The van der Waals surface area contributed by atoms with Crippen molar-refractivity contribution < 1.29 is 9.53 Å². The summed E-state index contributed by atoms with van der Waals surface area (Å²) in [5.41, 5.74) is 4.92. The fourth-order valence-electron chi connectivity index (χ4n) is 2.92. The molecule has 3 rings (SSSR count). The number of aryl methyl sites for hydroxylation is 1. The summed E-state index contributed by atoms with van der Waals surface area (Å²) in [6.07, 6.45) is 0. The van der Waals surface area contributed by atoms with Crippen LogP contribution in [0, 0.1) is 6.92 Å². The van der Waals surface area contributed by atoms with Gasteiger partial charge in [-0.25, -0.2) is 0 Å². The van der Waals surface area contributed by atoms with Crippen LogP contribution in [0.25, 0.3) is 0 Å². The SMILES string of the molecule is Cc1ccccc1CSCC(=O)NCc1ccc(N2CCOCC2)cc1. The van der Waals surface area contributed by atoms with Crippen molar-refractivity contribution in [3.8, 4) is 0 Å². The minimum atomic E-state index is 0.0841. The molecule has 1 aliphatic heterocycles. The second-order valence-electron chi connectivity index (χ2n) is 6.46. The second kappa shape index (κ2) is 9.64. The highest BCUT2D eigenvalue weighted by molar-refractivity contribution is 7.99. The molecule has 0 saturated carbocycles. The van der Waals surface area contributed by atoms with Gasteiger partial charge in [0.15, 0.2) is 0 Å². The van der Waals surface area contributed by atoms with E-state index in [1.165, 1.54) is 16.8 Å². The molecule has 0 atom stereocenters. The summed E-state index contributed by atoms with van der Waals surface area (Å²) in [7, 11) is 0. The number of thioether (sulfide) groups is 1. The first-order valence-corrected chi connectivity index (χ1v) is 10.2. The first-order valence-electron chi connectivity index (χ1n) is 9.03. The van der Waals surface area contributed by atoms with Crippen LogP contribution in [0.4, 0.5) is 5.69 Å². The number of nitrogens with one attached hydrogen (secondary N) is 1. The molecular formula is C21H26N2O2S. The summed E-state index contributed by atoms with van der Waals surface area (Å²) in [4.78, 5) is 14.4. The van der Waals surface area contributed by atoms with Gasteiger partial charge in [0.05, 0.1) is 19.0 Å². The zero-order valence-electron chi connectivity index (χ0n) is 15.2. The van der Waals surface area contributed by atoms with Gasteiger partial charge >= 0.3 is 0 Å². The predicted molar refractivity (Wildman–Crippen MR) is 109 cm³/mol. The fourth-order valence-corrected chi connectivity index (χ4v) is 3.86. The van der Waals surface area contributed by atoms with Gasteiger partial charge in [-0.2, -0.15) is 0 Å². The maximum Gasteiger partial charge on any atom is 0.230 e. The number of ether oxygens (including phenoxy) is 1. The van der Waals surface area contributed by atoms with E-state index in [1.807, 2.05) is 12.1 Å². The van der Waals surface area contributed by atoms with E-state index in [2.05, 4.69) is 53.5 Å². The van der Waals surface area contributed by atoms with Gasteiger partial charge in [-0.05, 0) is 35.7 Å². The molecule has 1 saturated heterocycles. The number of rotatable bonds is 7. The monoisotopic (exact) mass is 370 g/mol. The quantitative estimate of drug-likeness (QED) is 0.811. The van der Waals surface area contributed by atoms with Crippen LogP contribution in [-0.2, 0) is 21.8 Å². The van der Waals surface area contributed by atoms with Crippen molar-refractivity contribution in [1.29, 1.82) is 0 Å². The van der Waals surface area contributed by atoms with Crippen LogP contribution in [0.1, 0.15) is 16.7 Å². The number of nitrogens with zero attached hydrogens (tertiary/aromatic N) is 1. The lowest BCUT2D eigenvalue weighted by Crippen LogP contribution is -2.36. The highest BCUT2D eigenvalue weighted by atomic mass is 32.2. The first kappa shape index (κ1) is 18.8. The lowest BCUT2D eigenvalue weighted by atomic mass is 10.1. The average Bonchev–Trinajstić information content (AvgIpc) is 2.69. The maximum atomic E-state index is 12.1. The normalized spacial score (nSPS) is 14.3. The number of carbonyl (C=O) groups excluding carboxylic acids is 1. The number of hydrogen-bond acceptors (Lipinski definition) is 4. The Kier molecular flexibility index (Phi) is 6.97. The fraction of sp³-hybridized carbons (Fsp3) is 0.381. The molecule has 0 aliphatic carbocycles. The zero-order valence-corrected chi connectivity index (χ0v) is 16.1. The molecule has 5 heteroatoms. The number of amides is 1. The molecule has 26 heavy (non-hydrogen) atoms. The summed E-state index contributed by atoms with van der Waals surface area (Å²) < 4.78 is 5.39. The minimum absolute atomic E-state index is 0.0841. The van der Waals surface area contributed by atoms with Gasteiger partial charge in [0, 0.05) is 31.1 Å². The Morgan fingerprint density at radius 2 is 1.85 bits per heavy atom. The Morgan fingerprint density at radius 1 is 1.12 bits per heavy atom. The van der Waals surface area contributed by atoms with Crippen LogP contribution in [-0.4, -0.2) is 38.0 Å². The van der Waals surface area contributed by atoms with Crippen LogP contribution < -0.4 is 10.2 Å². The lowest BCUT2D eigenvalue weighted by Gasteiger charge is -2.28. The summed E-state index contributed by atoms with van der Waals surface area (Å²) in [5.74, 6) is 1.44. The van der Waals surface area contributed by atoms with Crippen molar-refractivity contribution >= 4 is 23.4 Å². The molecule has 1 N–H and O–H groups in total. The first-order chi connectivity index (χ1) is 12.7. The predicted octanol–water partition coefficient (Wildman–Crippen LogP) is 3.38. The molecule has 0 aromatic heterocycles. The van der Waals surface area contributed by atoms with Crippen LogP contribution in [0.15, 0.2) is 48.5 Å². The topological polar surface area (TPSA) is 41.6 Å². The van der Waals surface area contributed by atoms with Crippen molar-refractivity contribution in [1.82, 2.24) is 5.32 Å². The third-order valence-corrected chi connectivity index (χ3v) is 5.54. The van der Waals surface area contributed by atoms with E-state index in [4.69, 9.17) is 4.74 Å². The van der Waals surface area contributed by atoms with Crippen LogP contribution in [0.3, 0.4) is 0 Å². The molecule has 1 aliphatic rings. The molecule has 0 unspecified atom stereocenters. The van der Waals surface area contributed by atoms with E-state index in [0.29, 0.717) is 12.3 Å². The third-order valence-electron chi connectivity index (χ3n) is 4.55. The third kappa shape index (κ3) is 5.51. The molecule has 0 bridgehead atoms. The van der Waals surface area contributed by atoms with E-state index < -0.39 is 0 Å². The number of anilines is 1. The van der Waals surface area contributed by atoms with Crippen molar-refractivity contribution in [2.75, 3.05) is 37.0 Å². The molecule has 0 spiro atoms. The van der Waals surface area contributed by atoms with Crippen molar-refractivity contribution in [2.24, 2.45) is 0 Å². The number of hydrogen-bond donors (Lipinski definition) is 1. The molecule has 138 valence electrons. The minimum Gasteiger partial charge on any atom is -0.378 e. The lowest BCUT2D eigenvalue weighted by molar-refractivity contribution is -0.118. The number of carbonyl (C=O) groups is 1. The van der Waals surface area contributed by atoms with Gasteiger partial charge < -0.3 is 15.0 Å². The molecular weight excluding hydrogens is 344 g/mol. The molecule has 1 fully saturated rings. The standard InChI is InChI=1S/C21H26N2O2S/c1-17-4-2-3-5-19(17)15-26-16-21(24)22-14-18-6-8-20(9-7-18)23-10-12-25-13-11-23/h2-9H,10-16H2,1H3,(H,22,24). The van der Waals surface area contributed by atoms with Crippen LogP contribution >= 0.6 is 11.8 Å². The summed E-state index contributed by atoms with van der Waals surface area (Å²) >= 11 is 1.65. The van der Waals surface area contributed by atoms with E-state index in [9.17, 15) is 4.79 Å². The number of morpholine rings is 1. The Balaban J connectivity index is 1.39. The summed E-state index contributed by atoms with van der Waals surface area (Å²) in [6, 6.07) is 16.7. The molecule has 2 aromatic carbocycles. The van der Waals surface area contributed by atoms with Crippen LogP contribution in [0.5, 0.6) is 0 Å². The van der Waals surface area contributed by atoms with Gasteiger partial charge in [-0.15, -0.1) is 11.8 Å². The van der Waals surface area contributed by atoms with Crippen molar-refractivity contribution in [3.05, 3.63) is 65.2 Å². The van der Waals surface area contributed by atoms with Crippen molar-refractivity contribution in [2.45, 2.75) is 19.2 Å². The zero-order chi connectivity index (χ0) is 18.2. The largest absolute Gasteiger partial charge is 0.378 e.